The highest BCUT2D eigenvalue weighted by molar-refractivity contribution is 5.99. The molecule has 0 aromatic heterocycles. The van der Waals surface area contributed by atoms with Crippen LogP contribution in [-0.4, -0.2) is 25.0 Å². The number of para-hydroxylation sites is 1. The van der Waals surface area contributed by atoms with Crippen LogP contribution < -0.4 is 4.90 Å². The number of hydrogen-bond acceptors (Lipinski definition) is 4. The molecule has 1 heterocycles. The molecular formula is C15H16N2O3. The third-order valence-corrected chi connectivity index (χ3v) is 3.31. The quantitative estimate of drug-likeness (QED) is 0.617. The summed E-state index contributed by atoms with van der Waals surface area (Å²) in [6.07, 6.45) is 0.568. The molecule has 0 N–H and O–H groups in total. The molecule has 1 amide bonds. The molecule has 20 heavy (non-hydrogen) atoms. The molecule has 5 heteroatoms. The normalized spacial score (nSPS) is 17.3. The van der Waals surface area contributed by atoms with Crippen LogP contribution >= 0.6 is 0 Å². The van der Waals surface area contributed by atoms with Gasteiger partial charge in [0.2, 0.25) is 5.91 Å². The van der Waals surface area contributed by atoms with Crippen molar-refractivity contribution in [2.24, 2.45) is 5.92 Å². The molecule has 0 fully saturated rings. The Morgan fingerprint density at radius 3 is 2.95 bits per heavy atom. The van der Waals surface area contributed by atoms with Crippen LogP contribution in [0.3, 0.4) is 0 Å². The van der Waals surface area contributed by atoms with Crippen LogP contribution in [0.25, 0.3) is 0 Å². The largest absolute Gasteiger partial charge is 0.466 e. The lowest BCUT2D eigenvalue weighted by Gasteiger charge is -2.32. The second-order valence-corrected chi connectivity index (χ2v) is 4.62. The summed E-state index contributed by atoms with van der Waals surface area (Å²) < 4.78 is 4.90. The van der Waals surface area contributed by atoms with Gasteiger partial charge in [-0.05, 0) is 25.0 Å². The molecular weight excluding hydrogens is 256 g/mol. The Bertz CT molecular complexity index is 562. The van der Waals surface area contributed by atoms with Gasteiger partial charge < -0.3 is 4.74 Å². The maximum atomic E-state index is 12.4. The monoisotopic (exact) mass is 272 g/mol. The molecule has 0 spiro atoms. The molecule has 104 valence electrons. The first-order chi connectivity index (χ1) is 9.67. The van der Waals surface area contributed by atoms with Crippen molar-refractivity contribution >= 4 is 17.6 Å². The first-order valence-corrected chi connectivity index (χ1v) is 6.59. The Hall–Kier alpha value is -2.35. The molecule has 0 saturated heterocycles. The van der Waals surface area contributed by atoms with Crippen LogP contribution in [0, 0.1) is 17.2 Å². The number of rotatable bonds is 4. The lowest BCUT2D eigenvalue weighted by atomic mass is 9.89. The number of carbonyl (C=O) groups excluding carboxylic acids is 2. The van der Waals surface area contributed by atoms with Crippen molar-refractivity contribution in [3.05, 3.63) is 29.8 Å². The average molecular weight is 272 g/mol. The predicted molar refractivity (Wildman–Crippen MR) is 72.9 cm³/mol. The van der Waals surface area contributed by atoms with E-state index in [-0.39, 0.29) is 24.8 Å². The lowest BCUT2D eigenvalue weighted by Crippen LogP contribution is -2.42. The number of amides is 1. The fourth-order valence-electron chi connectivity index (χ4n) is 2.45. The maximum absolute atomic E-state index is 12.4. The third kappa shape index (κ3) is 2.80. The topological polar surface area (TPSA) is 70.4 Å². The summed E-state index contributed by atoms with van der Waals surface area (Å²) in [6, 6.07) is 9.47. The fourth-order valence-corrected chi connectivity index (χ4v) is 2.45. The summed E-state index contributed by atoms with van der Waals surface area (Å²) in [5, 5.41) is 8.88. The van der Waals surface area contributed by atoms with E-state index in [4.69, 9.17) is 10.00 Å². The van der Waals surface area contributed by atoms with Gasteiger partial charge in [-0.3, -0.25) is 14.5 Å². The van der Waals surface area contributed by atoms with E-state index in [1.165, 1.54) is 4.90 Å². The van der Waals surface area contributed by atoms with Crippen LogP contribution in [0.2, 0.25) is 0 Å². The number of ether oxygens (including phenoxy) is 1. The van der Waals surface area contributed by atoms with Gasteiger partial charge in [-0.15, -0.1) is 0 Å². The summed E-state index contributed by atoms with van der Waals surface area (Å²) in [5.41, 5.74) is 1.75. The van der Waals surface area contributed by atoms with E-state index in [1.54, 1.807) is 6.92 Å². The molecule has 1 aromatic rings. The molecule has 2 rings (SSSR count). The fraction of sp³-hybridized carbons (Fsp3) is 0.400. The Kier molecular flexibility index (Phi) is 4.36. The summed E-state index contributed by atoms with van der Waals surface area (Å²) in [4.78, 5) is 25.4. The molecule has 0 aliphatic carbocycles. The van der Waals surface area contributed by atoms with Crippen molar-refractivity contribution < 1.29 is 14.3 Å². The standard InChI is InChI=1S/C15H16N2O3/c1-2-20-14(18)10-12-9-11-5-3-4-6-13(11)17(8-7-16)15(12)19/h3-6,12H,2,8-10H2,1H3. The van der Waals surface area contributed by atoms with Gasteiger partial charge in [0.25, 0.3) is 0 Å². The minimum atomic E-state index is -0.447. The number of nitrogens with zero attached hydrogens (tertiary/aromatic N) is 2. The van der Waals surface area contributed by atoms with Crippen molar-refractivity contribution in [3.63, 3.8) is 0 Å². The average Bonchev–Trinajstić information content (AvgIpc) is 2.43. The zero-order valence-electron chi connectivity index (χ0n) is 11.3. The van der Waals surface area contributed by atoms with Crippen LogP contribution in [-0.2, 0) is 20.7 Å². The van der Waals surface area contributed by atoms with Crippen molar-refractivity contribution in [2.45, 2.75) is 19.8 Å². The van der Waals surface area contributed by atoms with E-state index < -0.39 is 5.92 Å². The van der Waals surface area contributed by atoms with Gasteiger partial charge in [0.05, 0.1) is 25.0 Å². The first kappa shape index (κ1) is 14.1. The highest BCUT2D eigenvalue weighted by Crippen LogP contribution is 2.31. The Labute approximate surface area is 117 Å². The van der Waals surface area contributed by atoms with E-state index in [9.17, 15) is 9.59 Å². The summed E-state index contributed by atoms with van der Waals surface area (Å²) in [6.45, 7) is 2.03. The number of carbonyl (C=O) groups is 2. The van der Waals surface area contributed by atoms with Crippen molar-refractivity contribution in [3.8, 4) is 6.07 Å². The van der Waals surface area contributed by atoms with Gasteiger partial charge in [0.15, 0.2) is 0 Å². The van der Waals surface area contributed by atoms with Crippen molar-refractivity contribution in [1.29, 1.82) is 5.26 Å². The van der Waals surface area contributed by atoms with E-state index in [2.05, 4.69) is 0 Å². The molecule has 1 aliphatic rings. The molecule has 1 aromatic carbocycles. The number of hydrogen-bond donors (Lipinski definition) is 0. The number of anilines is 1. The molecule has 0 bridgehead atoms. The minimum absolute atomic E-state index is 0.00479. The molecule has 1 aliphatic heterocycles. The lowest BCUT2D eigenvalue weighted by molar-refractivity contribution is -0.146. The van der Waals surface area contributed by atoms with Gasteiger partial charge in [-0.2, -0.15) is 5.26 Å². The predicted octanol–water partition coefficient (Wildman–Crippen LogP) is 1.67. The van der Waals surface area contributed by atoms with Gasteiger partial charge in [0, 0.05) is 5.69 Å². The zero-order valence-corrected chi connectivity index (χ0v) is 11.3. The van der Waals surface area contributed by atoms with Crippen molar-refractivity contribution in [1.82, 2.24) is 0 Å². The Morgan fingerprint density at radius 1 is 1.50 bits per heavy atom. The number of fused-ring (bicyclic) bond motifs is 1. The molecule has 1 unspecified atom stereocenters. The number of benzene rings is 1. The molecule has 0 radical (unpaired) electrons. The van der Waals surface area contributed by atoms with Gasteiger partial charge in [0.1, 0.15) is 6.54 Å². The first-order valence-electron chi connectivity index (χ1n) is 6.59. The maximum Gasteiger partial charge on any atom is 0.306 e. The molecule has 1 atom stereocenters. The number of nitriles is 1. The highest BCUT2D eigenvalue weighted by atomic mass is 16.5. The highest BCUT2D eigenvalue weighted by Gasteiger charge is 2.34. The minimum Gasteiger partial charge on any atom is -0.466 e. The van der Waals surface area contributed by atoms with Crippen LogP contribution in [0.4, 0.5) is 5.69 Å². The Morgan fingerprint density at radius 2 is 2.25 bits per heavy atom. The summed E-state index contributed by atoms with van der Waals surface area (Å²) in [5.74, 6) is -1.00. The van der Waals surface area contributed by atoms with Crippen LogP contribution in [0.5, 0.6) is 0 Å². The smallest absolute Gasteiger partial charge is 0.306 e. The number of esters is 1. The molecule has 5 nitrogen and oxygen atoms in total. The Balaban J connectivity index is 2.24. The van der Waals surface area contributed by atoms with E-state index in [1.807, 2.05) is 30.3 Å². The SMILES string of the molecule is CCOC(=O)CC1Cc2ccccc2N(CC#N)C1=O. The van der Waals surface area contributed by atoms with E-state index >= 15 is 0 Å². The van der Waals surface area contributed by atoms with E-state index in [0.717, 1.165) is 11.3 Å². The second kappa shape index (κ2) is 6.20. The van der Waals surface area contributed by atoms with Crippen molar-refractivity contribution in [2.75, 3.05) is 18.1 Å². The van der Waals surface area contributed by atoms with Gasteiger partial charge in [-0.25, -0.2) is 0 Å². The summed E-state index contributed by atoms with van der Waals surface area (Å²) in [7, 11) is 0. The van der Waals surface area contributed by atoms with Gasteiger partial charge in [-0.1, -0.05) is 18.2 Å². The third-order valence-electron chi connectivity index (χ3n) is 3.31. The molecule has 0 saturated carbocycles. The van der Waals surface area contributed by atoms with E-state index in [0.29, 0.717) is 13.0 Å². The zero-order chi connectivity index (χ0) is 14.5. The second-order valence-electron chi connectivity index (χ2n) is 4.62. The van der Waals surface area contributed by atoms with Crippen LogP contribution in [0.1, 0.15) is 18.9 Å². The van der Waals surface area contributed by atoms with Gasteiger partial charge >= 0.3 is 5.97 Å². The van der Waals surface area contributed by atoms with Crippen LogP contribution in [0.15, 0.2) is 24.3 Å². The summed E-state index contributed by atoms with van der Waals surface area (Å²) >= 11 is 0.